The molecule has 0 bridgehead atoms. The molecule has 0 radical (unpaired) electrons. The third-order valence-electron chi connectivity index (χ3n) is 4.99. The van der Waals surface area contributed by atoms with Gasteiger partial charge in [-0.3, -0.25) is 14.2 Å². The van der Waals surface area contributed by atoms with Gasteiger partial charge in [0.25, 0.3) is 11.5 Å². The maximum Gasteiger partial charge on any atom is 0.328 e. The van der Waals surface area contributed by atoms with E-state index in [-0.39, 0.29) is 18.2 Å². The number of ether oxygens (including phenoxy) is 1. The summed E-state index contributed by atoms with van der Waals surface area (Å²) in [6, 6.07) is 0. The Labute approximate surface area is 140 Å². The Morgan fingerprint density at radius 3 is 2.71 bits per heavy atom. The summed E-state index contributed by atoms with van der Waals surface area (Å²) in [6.45, 7) is 1.43. The Balaban J connectivity index is 1.69. The van der Waals surface area contributed by atoms with Crippen LogP contribution in [0, 0.1) is 5.92 Å². The van der Waals surface area contributed by atoms with Gasteiger partial charge in [-0.2, -0.15) is 0 Å². The van der Waals surface area contributed by atoms with Crippen molar-refractivity contribution >= 4 is 5.91 Å². The van der Waals surface area contributed by atoms with E-state index < -0.39 is 17.2 Å². The van der Waals surface area contributed by atoms with Crippen molar-refractivity contribution in [2.45, 2.75) is 57.6 Å². The highest BCUT2D eigenvalue weighted by molar-refractivity contribution is 5.93. The molecule has 2 fully saturated rings. The third-order valence-corrected chi connectivity index (χ3v) is 4.99. The molecule has 1 saturated heterocycles. The number of H-pyrrole nitrogens is 1. The standard InChI is InChI=1S/C17H25N3O4/c21-15(18-9-12-5-2-1-3-6-12)14-10-19-17(23)20(16(14)22)11-13-7-4-8-24-13/h10,12-13H,1-9,11H2,(H,18,21)(H,19,23). The van der Waals surface area contributed by atoms with Crippen molar-refractivity contribution in [2.24, 2.45) is 5.92 Å². The van der Waals surface area contributed by atoms with Crippen molar-refractivity contribution in [3.05, 3.63) is 32.6 Å². The zero-order chi connectivity index (χ0) is 16.9. The largest absolute Gasteiger partial charge is 0.376 e. The molecule has 0 spiro atoms. The summed E-state index contributed by atoms with van der Waals surface area (Å²) in [5, 5.41) is 2.84. The van der Waals surface area contributed by atoms with Gasteiger partial charge in [-0.1, -0.05) is 19.3 Å². The van der Waals surface area contributed by atoms with Gasteiger partial charge in [0.05, 0.1) is 12.6 Å². The fourth-order valence-electron chi connectivity index (χ4n) is 3.56. The van der Waals surface area contributed by atoms with Crippen molar-refractivity contribution in [1.82, 2.24) is 14.9 Å². The topological polar surface area (TPSA) is 93.2 Å². The Morgan fingerprint density at radius 2 is 2.00 bits per heavy atom. The van der Waals surface area contributed by atoms with E-state index in [1.807, 2.05) is 0 Å². The minimum absolute atomic E-state index is 0.0107. The zero-order valence-electron chi connectivity index (χ0n) is 13.9. The lowest BCUT2D eigenvalue weighted by Crippen LogP contribution is -2.43. The van der Waals surface area contributed by atoms with E-state index in [2.05, 4.69) is 10.3 Å². The van der Waals surface area contributed by atoms with Gasteiger partial charge in [0.2, 0.25) is 0 Å². The number of hydrogen-bond acceptors (Lipinski definition) is 4. The number of carbonyl (C=O) groups excluding carboxylic acids is 1. The highest BCUT2D eigenvalue weighted by Crippen LogP contribution is 2.22. The van der Waals surface area contributed by atoms with E-state index in [1.165, 1.54) is 25.5 Å². The third kappa shape index (κ3) is 3.95. The molecule has 7 nitrogen and oxygen atoms in total. The number of aromatic amines is 1. The highest BCUT2D eigenvalue weighted by Gasteiger charge is 2.21. The monoisotopic (exact) mass is 335 g/mol. The van der Waals surface area contributed by atoms with Crippen LogP contribution in [0.2, 0.25) is 0 Å². The van der Waals surface area contributed by atoms with Gasteiger partial charge in [-0.15, -0.1) is 0 Å². The van der Waals surface area contributed by atoms with Crippen molar-refractivity contribution in [1.29, 1.82) is 0 Å². The van der Waals surface area contributed by atoms with Crippen LogP contribution in [0.25, 0.3) is 0 Å². The molecule has 1 unspecified atom stereocenters. The van der Waals surface area contributed by atoms with Gasteiger partial charge in [-0.25, -0.2) is 4.79 Å². The molecule has 1 aromatic heterocycles. The van der Waals surface area contributed by atoms with Crippen LogP contribution in [0.5, 0.6) is 0 Å². The van der Waals surface area contributed by atoms with Crippen LogP contribution in [0.15, 0.2) is 15.8 Å². The fraction of sp³-hybridized carbons (Fsp3) is 0.706. The number of carbonyl (C=O) groups is 1. The van der Waals surface area contributed by atoms with Gasteiger partial charge >= 0.3 is 5.69 Å². The van der Waals surface area contributed by atoms with Gasteiger partial charge in [-0.05, 0) is 31.6 Å². The van der Waals surface area contributed by atoms with E-state index in [1.54, 1.807) is 0 Å². The Kier molecular flexibility index (Phi) is 5.50. The number of amides is 1. The molecule has 2 heterocycles. The summed E-state index contributed by atoms with van der Waals surface area (Å²) >= 11 is 0. The first-order valence-corrected chi connectivity index (χ1v) is 8.87. The number of nitrogens with zero attached hydrogens (tertiary/aromatic N) is 1. The summed E-state index contributed by atoms with van der Waals surface area (Å²) in [5.41, 5.74) is -1.06. The minimum atomic E-state index is -0.546. The first-order chi connectivity index (χ1) is 11.6. The summed E-state index contributed by atoms with van der Waals surface area (Å²) in [7, 11) is 0. The van der Waals surface area contributed by atoms with Crippen LogP contribution in [0.3, 0.4) is 0 Å². The van der Waals surface area contributed by atoms with E-state index in [0.29, 0.717) is 19.1 Å². The minimum Gasteiger partial charge on any atom is -0.376 e. The molecule has 3 rings (SSSR count). The average molecular weight is 335 g/mol. The van der Waals surface area contributed by atoms with Crippen molar-refractivity contribution in [3.63, 3.8) is 0 Å². The molecule has 1 amide bonds. The first-order valence-electron chi connectivity index (χ1n) is 8.87. The van der Waals surface area contributed by atoms with Crippen molar-refractivity contribution < 1.29 is 9.53 Å². The molecule has 24 heavy (non-hydrogen) atoms. The molecule has 1 atom stereocenters. The molecule has 1 saturated carbocycles. The van der Waals surface area contributed by atoms with Gasteiger partial charge in [0, 0.05) is 19.3 Å². The molecule has 132 valence electrons. The molecular formula is C17H25N3O4. The highest BCUT2D eigenvalue weighted by atomic mass is 16.5. The zero-order valence-corrected chi connectivity index (χ0v) is 13.9. The van der Waals surface area contributed by atoms with Crippen LogP contribution in [0.1, 0.15) is 55.3 Å². The number of aromatic nitrogens is 2. The van der Waals surface area contributed by atoms with Crippen LogP contribution >= 0.6 is 0 Å². The molecule has 1 aliphatic carbocycles. The Hall–Kier alpha value is -1.89. The maximum absolute atomic E-state index is 12.5. The van der Waals surface area contributed by atoms with Crippen molar-refractivity contribution in [2.75, 3.05) is 13.2 Å². The first kappa shape index (κ1) is 17.0. The predicted molar refractivity (Wildman–Crippen MR) is 89.2 cm³/mol. The van der Waals surface area contributed by atoms with Crippen LogP contribution in [-0.4, -0.2) is 34.7 Å². The summed E-state index contributed by atoms with van der Waals surface area (Å²) in [4.78, 5) is 39.2. The van der Waals surface area contributed by atoms with Gasteiger partial charge < -0.3 is 15.0 Å². The van der Waals surface area contributed by atoms with Crippen LogP contribution in [-0.2, 0) is 11.3 Å². The summed E-state index contributed by atoms with van der Waals surface area (Å²) < 4.78 is 6.56. The lowest BCUT2D eigenvalue weighted by molar-refractivity contribution is 0.0917. The van der Waals surface area contributed by atoms with E-state index in [0.717, 1.165) is 30.3 Å². The smallest absolute Gasteiger partial charge is 0.328 e. The van der Waals surface area contributed by atoms with E-state index in [9.17, 15) is 14.4 Å². The normalized spacial score (nSPS) is 21.8. The quantitative estimate of drug-likeness (QED) is 0.840. The van der Waals surface area contributed by atoms with E-state index >= 15 is 0 Å². The summed E-state index contributed by atoms with van der Waals surface area (Å²) in [5.74, 6) is 0.0717. The van der Waals surface area contributed by atoms with Crippen LogP contribution in [0.4, 0.5) is 0 Å². The lowest BCUT2D eigenvalue weighted by Gasteiger charge is -2.21. The SMILES string of the molecule is O=C(NCC1CCCCC1)c1c[nH]c(=O)n(CC2CCCO2)c1=O. The number of rotatable bonds is 5. The second-order valence-corrected chi connectivity index (χ2v) is 6.77. The van der Waals surface area contributed by atoms with Crippen molar-refractivity contribution in [3.8, 4) is 0 Å². The molecule has 2 N–H and O–H groups in total. The molecule has 7 heteroatoms. The second-order valence-electron chi connectivity index (χ2n) is 6.77. The number of hydrogen-bond donors (Lipinski definition) is 2. The average Bonchev–Trinajstić information content (AvgIpc) is 3.11. The number of nitrogens with one attached hydrogen (secondary N) is 2. The molecule has 0 aromatic carbocycles. The van der Waals surface area contributed by atoms with Crippen LogP contribution < -0.4 is 16.6 Å². The Bertz CT molecular complexity index is 682. The molecular weight excluding hydrogens is 310 g/mol. The molecule has 2 aliphatic rings. The molecule has 1 aliphatic heterocycles. The fourth-order valence-corrected chi connectivity index (χ4v) is 3.56. The second kappa shape index (κ2) is 7.79. The predicted octanol–water partition coefficient (Wildman–Crippen LogP) is 1.03. The Morgan fingerprint density at radius 1 is 1.21 bits per heavy atom. The summed E-state index contributed by atoms with van der Waals surface area (Å²) in [6.07, 6.45) is 8.74. The van der Waals surface area contributed by atoms with Gasteiger partial charge in [0.15, 0.2) is 0 Å². The lowest BCUT2D eigenvalue weighted by atomic mass is 9.89. The molecule has 1 aromatic rings. The van der Waals surface area contributed by atoms with Gasteiger partial charge in [0.1, 0.15) is 5.56 Å². The maximum atomic E-state index is 12.5. The van der Waals surface area contributed by atoms with E-state index in [4.69, 9.17) is 4.74 Å².